The third kappa shape index (κ3) is 3.47. The fourth-order valence-electron chi connectivity index (χ4n) is 2.88. The van der Waals surface area contributed by atoms with E-state index in [0.717, 1.165) is 25.8 Å². The number of ether oxygens (including phenoxy) is 2. The third-order valence-electron chi connectivity index (χ3n) is 3.90. The third-order valence-corrected chi connectivity index (χ3v) is 3.90. The van der Waals surface area contributed by atoms with Gasteiger partial charge in [-0.2, -0.15) is 0 Å². The van der Waals surface area contributed by atoms with Gasteiger partial charge in [-0.3, -0.25) is 9.59 Å². The van der Waals surface area contributed by atoms with Gasteiger partial charge in [0.1, 0.15) is 0 Å². The Bertz CT molecular complexity index is 344. The Balaban J connectivity index is 1.89. The first-order chi connectivity index (χ1) is 9.11. The van der Waals surface area contributed by atoms with Crippen molar-refractivity contribution in [3.63, 3.8) is 0 Å². The van der Waals surface area contributed by atoms with Gasteiger partial charge in [0.25, 0.3) is 0 Å². The second kappa shape index (κ2) is 6.37. The molecule has 2 fully saturated rings. The zero-order valence-corrected chi connectivity index (χ0v) is 11.8. The highest BCUT2D eigenvalue weighted by atomic mass is 16.5. The van der Waals surface area contributed by atoms with Crippen LogP contribution in [0.1, 0.15) is 33.1 Å². The maximum Gasteiger partial charge on any atom is 0.310 e. The first-order valence-electron chi connectivity index (χ1n) is 7.18. The molecule has 2 saturated heterocycles. The minimum atomic E-state index is -0.170. The Hall–Kier alpha value is -1.10. The van der Waals surface area contributed by atoms with E-state index in [1.54, 1.807) is 6.92 Å². The number of rotatable bonds is 3. The van der Waals surface area contributed by atoms with Gasteiger partial charge < -0.3 is 14.4 Å². The van der Waals surface area contributed by atoms with Crippen LogP contribution in [0.4, 0.5) is 0 Å². The number of piperidine rings is 1. The van der Waals surface area contributed by atoms with Crippen molar-refractivity contribution in [3.8, 4) is 0 Å². The van der Waals surface area contributed by atoms with Crippen molar-refractivity contribution < 1.29 is 19.1 Å². The molecule has 2 unspecified atom stereocenters. The Labute approximate surface area is 114 Å². The summed E-state index contributed by atoms with van der Waals surface area (Å²) in [6, 6.07) is 0. The van der Waals surface area contributed by atoms with Crippen molar-refractivity contribution in [2.45, 2.75) is 39.2 Å². The summed E-state index contributed by atoms with van der Waals surface area (Å²) < 4.78 is 10.5. The normalized spacial score (nSPS) is 31.3. The molecule has 2 aliphatic heterocycles. The van der Waals surface area contributed by atoms with E-state index in [0.29, 0.717) is 19.8 Å². The first-order valence-corrected chi connectivity index (χ1v) is 7.18. The molecule has 0 N–H and O–H groups in total. The molecule has 0 radical (unpaired) electrons. The minimum absolute atomic E-state index is 0.0315. The standard InChI is InChI=1S/C14H23NO4/c1-3-18-14(17)11-5-4-6-15(8-11)13(16)12-7-10(2)19-9-12/h10-12H,3-9H2,1-2H3/t10?,11-,12?/m1/s1. The fraction of sp³-hybridized carbons (Fsp3) is 0.857. The van der Waals surface area contributed by atoms with Gasteiger partial charge in [0.05, 0.1) is 31.2 Å². The Morgan fingerprint density at radius 2 is 2.16 bits per heavy atom. The van der Waals surface area contributed by atoms with Crippen LogP contribution in [0, 0.1) is 11.8 Å². The van der Waals surface area contributed by atoms with Gasteiger partial charge in [-0.25, -0.2) is 0 Å². The molecule has 5 heteroatoms. The molecular formula is C14H23NO4. The maximum atomic E-state index is 12.4. The van der Waals surface area contributed by atoms with E-state index < -0.39 is 0 Å². The summed E-state index contributed by atoms with van der Waals surface area (Å²) in [4.78, 5) is 25.9. The number of carbonyl (C=O) groups excluding carboxylic acids is 2. The average Bonchev–Trinajstić information content (AvgIpc) is 2.85. The van der Waals surface area contributed by atoms with E-state index >= 15 is 0 Å². The second-order valence-corrected chi connectivity index (χ2v) is 5.45. The number of hydrogen-bond acceptors (Lipinski definition) is 4. The number of nitrogens with zero attached hydrogens (tertiary/aromatic N) is 1. The molecule has 5 nitrogen and oxygen atoms in total. The van der Waals surface area contributed by atoms with Gasteiger partial charge in [-0.1, -0.05) is 0 Å². The van der Waals surface area contributed by atoms with Crippen molar-refractivity contribution in [1.29, 1.82) is 0 Å². The molecule has 0 saturated carbocycles. The number of esters is 1. The van der Waals surface area contributed by atoms with Crippen LogP contribution in [0.3, 0.4) is 0 Å². The van der Waals surface area contributed by atoms with Crippen LogP contribution in [-0.2, 0) is 19.1 Å². The van der Waals surface area contributed by atoms with Crippen LogP contribution in [0.2, 0.25) is 0 Å². The van der Waals surface area contributed by atoms with Gasteiger partial charge in [0, 0.05) is 13.1 Å². The van der Waals surface area contributed by atoms with E-state index in [-0.39, 0.29) is 29.8 Å². The number of carbonyl (C=O) groups is 2. The number of amides is 1. The Morgan fingerprint density at radius 3 is 2.79 bits per heavy atom. The predicted octanol–water partition coefficient (Wildman–Crippen LogP) is 1.21. The van der Waals surface area contributed by atoms with E-state index in [4.69, 9.17) is 9.47 Å². The van der Waals surface area contributed by atoms with Gasteiger partial charge >= 0.3 is 5.97 Å². The molecule has 0 aromatic heterocycles. The Kier molecular flexibility index (Phi) is 4.80. The quantitative estimate of drug-likeness (QED) is 0.723. The lowest BCUT2D eigenvalue weighted by atomic mass is 9.96. The second-order valence-electron chi connectivity index (χ2n) is 5.45. The SMILES string of the molecule is CCOC(=O)[C@@H]1CCCN(C(=O)C2COC(C)C2)C1. The molecule has 108 valence electrons. The van der Waals surface area contributed by atoms with Crippen LogP contribution in [0.15, 0.2) is 0 Å². The molecule has 0 aromatic rings. The average molecular weight is 269 g/mol. The number of likely N-dealkylation sites (tertiary alicyclic amines) is 1. The van der Waals surface area contributed by atoms with Crippen molar-refractivity contribution in [2.24, 2.45) is 11.8 Å². The van der Waals surface area contributed by atoms with Crippen LogP contribution in [0.5, 0.6) is 0 Å². The predicted molar refractivity (Wildman–Crippen MR) is 69.5 cm³/mol. The van der Waals surface area contributed by atoms with E-state index in [9.17, 15) is 9.59 Å². The molecular weight excluding hydrogens is 246 g/mol. The molecule has 1 amide bonds. The van der Waals surface area contributed by atoms with E-state index in [1.807, 2.05) is 11.8 Å². The molecule has 0 aromatic carbocycles. The van der Waals surface area contributed by atoms with Gasteiger partial charge in [-0.05, 0) is 33.1 Å². The lowest BCUT2D eigenvalue weighted by molar-refractivity contribution is -0.151. The van der Waals surface area contributed by atoms with Gasteiger partial charge in [0.15, 0.2) is 0 Å². The smallest absolute Gasteiger partial charge is 0.310 e. The van der Waals surface area contributed by atoms with E-state index in [1.165, 1.54) is 0 Å². The number of hydrogen-bond donors (Lipinski definition) is 0. The summed E-state index contributed by atoms with van der Waals surface area (Å²) in [5, 5.41) is 0. The molecule has 2 rings (SSSR count). The molecule has 2 aliphatic rings. The summed E-state index contributed by atoms with van der Waals surface area (Å²) in [6.07, 6.45) is 2.65. The van der Waals surface area contributed by atoms with Crippen molar-refractivity contribution in [1.82, 2.24) is 4.90 Å². The molecule has 2 heterocycles. The highest BCUT2D eigenvalue weighted by Gasteiger charge is 2.35. The lowest BCUT2D eigenvalue weighted by Crippen LogP contribution is -2.45. The summed E-state index contributed by atoms with van der Waals surface area (Å²) in [5.74, 6) is -0.220. The van der Waals surface area contributed by atoms with Crippen LogP contribution < -0.4 is 0 Å². The molecule has 0 aliphatic carbocycles. The van der Waals surface area contributed by atoms with Crippen LogP contribution in [-0.4, -0.2) is 49.2 Å². The maximum absolute atomic E-state index is 12.4. The highest BCUT2D eigenvalue weighted by Crippen LogP contribution is 2.25. The van der Waals surface area contributed by atoms with Gasteiger partial charge in [0.2, 0.25) is 5.91 Å². The topological polar surface area (TPSA) is 55.8 Å². The fourth-order valence-corrected chi connectivity index (χ4v) is 2.88. The van der Waals surface area contributed by atoms with Gasteiger partial charge in [-0.15, -0.1) is 0 Å². The molecule has 0 bridgehead atoms. The molecule has 0 spiro atoms. The summed E-state index contributed by atoms with van der Waals surface area (Å²) >= 11 is 0. The zero-order chi connectivity index (χ0) is 13.8. The summed E-state index contributed by atoms with van der Waals surface area (Å²) in [6.45, 7) is 5.96. The summed E-state index contributed by atoms with van der Waals surface area (Å²) in [5.41, 5.74) is 0. The minimum Gasteiger partial charge on any atom is -0.466 e. The van der Waals surface area contributed by atoms with E-state index in [2.05, 4.69) is 0 Å². The van der Waals surface area contributed by atoms with Crippen LogP contribution in [0.25, 0.3) is 0 Å². The lowest BCUT2D eigenvalue weighted by Gasteiger charge is -2.33. The highest BCUT2D eigenvalue weighted by molar-refractivity contribution is 5.80. The zero-order valence-electron chi connectivity index (χ0n) is 11.8. The Morgan fingerprint density at radius 1 is 1.37 bits per heavy atom. The monoisotopic (exact) mass is 269 g/mol. The van der Waals surface area contributed by atoms with Crippen molar-refractivity contribution >= 4 is 11.9 Å². The van der Waals surface area contributed by atoms with Crippen molar-refractivity contribution in [2.75, 3.05) is 26.3 Å². The molecule has 3 atom stereocenters. The largest absolute Gasteiger partial charge is 0.466 e. The molecule has 19 heavy (non-hydrogen) atoms. The van der Waals surface area contributed by atoms with Crippen LogP contribution >= 0.6 is 0 Å². The summed E-state index contributed by atoms with van der Waals surface area (Å²) in [7, 11) is 0. The van der Waals surface area contributed by atoms with Crippen molar-refractivity contribution in [3.05, 3.63) is 0 Å². The first kappa shape index (κ1) is 14.3.